The Morgan fingerprint density at radius 1 is 1.38 bits per heavy atom. The van der Waals surface area contributed by atoms with Crippen LogP contribution in [0.2, 0.25) is 0 Å². The molecule has 1 amide bonds. The number of benzene rings is 1. The van der Waals surface area contributed by atoms with Crippen molar-refractivity contribution in [1.82, 2.24) is 5.32 Å². The zero-order valence-corrected chi connectivity index (χ0v) is 13.3. The number of nitrogens with one attached hydrogen (secondary N) is 1. The van der Waals surface area contributed by atoms with Crippen molar-refractivity contribution in [3.05, 3.63) is 58.0 Å². The van der Waals surface area contributed by atoms with Crippen molar-refractivity contribution >= 4 is 21.8 Å². The lowest BCUT2D eigenvalue weighted by molar-refractivity contribution is 0.0915. The topological polar surface area (TPSA) is 66.0 Å². The first-order chi connectivity index (χ1) is 10.0. The lowest BCUT2D eigenvalue weighted by atomic mass is 10.0. The Hall–Kier alpha value is -2.06. The Kier molecular flexibility index (Phi) is 4.81. The maximum atomic E-state index is 12.3. The zero-order chi connectivity index (χ0) is 15.4. The minimum absolute atomic E-state index is 0.177. The Balaban J connectivity index is 2.21. The van der Waals surface area contributed by atoms with E-state index in [4.69, 9.17) is 4.42 Å². The Morgan fingerprint density at radius 2 is 2.14 bits per heavy atom. The monoisotopic (exact) mass is 346 g/mol. The molecule has 0 fully saturated rings. The first-order valence-electron chi connectivity index (χ1n) is 6.56. The molecule has 2 rings (SSSR count). The molecule has 0 saturated carbocycles. The molecular formula is C16H15BrN2O2. The molecule has 0 radical (unpaired) electrons. The van der Waals surface area contributed by atoms with E-state index in [-0.39, 0.29) is 17.6 Å². The maximum Gasteiger partial charge on any atom is 0.288 e. The van der Waals surface area contributed by atoms with Gasteiger partial charge in [-0.05, 0) is 29.7 Å². The molecule has 0 saturated heterocycles. The first kappa shape index (κ1) is 15.3. The largest absolute Gasteiger partial charge is 0.459 e. The van der Waals surface area contributed by atoms with Crippen LogP contribution in [0.1, 0.15) is 47.5 Å². The summed E-state index contributed by atoms with van der Waals surface area (Å²) in [5, 5.41) is 12.0. The van der Waals surface area contributed by atoms with Crippen LogP contribution in [-0.4, -0.2) is 5.91 Å². The van der Waals surface area contributed by atoms with Gasteiger partial charge < -0.3 is 9.73 Å². The van der Waals surface area contributed by atoms with Gasteiger partial charge in [0.05, 0.1) is 12.3 Å². The molecule has 2 aromatic rings. The smallest absolute Gasteiger partial charge is 0.288 e. The lowest BCUT2D eigenvalue weighted by Gasteiger charge is -2.12. The van der Waals surface area contributed by atoms with Gasteiger partial charge in [0.1, 0.15) is 6.04 Å². The van der Waals surface area contributed by atoms with E-state index in [9.17, 15) is 10.1 Å². The Morgan fingerprint density at radius 3 is 2.76 bits per heavy atom. The number of furan rings is 1. The van der Waals surface area contributed by atoms with Gasteiger partial charge in [0.2, 0.25) is 0 Å². The second-order valence-electron chi connectivity index (χ2n) is 4.95. The summed E-state index contributed by atoms with van der Waals surface area (Å²) >= 11 is 3.35. The minimum atomic E-state index is -0.722. The van der Waals surface area contributed by atoms with Gasteiger partial charge in [0.25, 0.3) is 5.91 Å². The quantitative estimate of drug-likeness (QED) is 0.903. The molecule has 1 aromatic heterocycles. The number of amides is 1. The van der Waals surface area contributed by atoms with E-state index in [2.05, 4.69) is 27.3 Å². The van der Waals surface area contributed by atoms with Crippen LogP contribution in [0.25, 0.3) is 0 Å². The second kappa shape index (κ2) is 6.59. The molecule has 1 aromatic carbocycles. The molecule has 0 aliphatic heterocycles. The van der Waals surface area contributed by atoms with Gasteiger partial charge >= 0.3 is 0 Å². The van der Waals surface area contributed by atoms with E-state index in [0.717, 1.165) is 15.6 Å². The van der Waals surface area contributed by atoms with Crippen LogP contribution in [0.5, 0.6) is 0 Å². The lowest BCUT2D eigenvalue weighted by Crippen LogP contribution is -2.28. The molecule has 0 aliphatic rings. The highest BCUT2D eigenvalue weighted by Gasteiger charge is 2.21. The zero-order valence-electron chi connectivity index (χ0n) is 11.8. The molecule has 1 N–H and O–H groups in total. The number of carbonyl (C=O) groups excluding carboxylic acids is 1. The highest BCUT2D eigenvalue weighted by atomic mass is 79.9. The van der Waals surface area contributed by atoms with Crippen LogP contribution in [0, 0.1) is 11.3 Å². The van der Waals surface area contributed by atoms with Crippen LogP contribution in [0.4, 0.5) is 0 Å². The minimum Gasteiger partial charge on any atom is -0.459 e. The van der Waals surface area contributed by atoms with Crippen LogP contribution >= 0.6 is 15.9 Å². The summed E-state index contributed by atoms with van der Waals surface area (Å²) in [5.41, 5.74) is 1.55. The van der Waals surface area contributed by atoms with Crippen molar-refractivity contribution in [2.45, 2.75) is 25.8 Å². The summed E-state index contributed by atoms with van der Waals surface area (Å²) in [6.07, 6.45) is 1.49. The van der Waals surface area contributed by atoms with Gasteiger partial charge in [-0.15, -0.1) is 0 Å². The van der Waals surface area contributed by atoms with E-state index in [1.165, 1.54) is 6.26 Å². The molecule has 0 unspecified atom stereocenters. The van der Waals surface area contributed by atoms with Crippen LogP contribution in [0.3, 0.4) is 0 Å². The van der Waals surface area contributed by atoms with Gasteiger partial charge in [-0.3, -0.25) is 4.79 Å². The molecule has 5 heteroatoms. The molecule has 0 spiro atoms. The third-order valence-electron chi connectivity index (χ3n) is 3.11. The van der Waals surface area contributed by atoms with Crippen molar-refractivity contribution in [3.63, 3.8) is 0 Å². The molecule has 1 heterocycles. The molecule has 1 atom stereocenters. The van der Waals surface area contributed by atoms with E-state index in [0.29, 0.717) is 0 Å². The number of hydrogen-bond donors (Lipinski definition) is 1. The van der Waals surface area contributed by atoms with Gasteiger partial charge in [0, 0.05) is 10.0 Å². The van der Waals surface area contributed by atoms with Gasteiger partial charge in [-0.1, -0.05) is 41.9 Å². The molecule has 0 aliphatic carbocycles. The summed E-state index contributed by atoms with van der Waals surface area (Å²) in [5.74, 6) is 0.0615. The predicted molar refractivity (Wildman–Crippen MR) is 82.8 cm³/mol. The Labute approximate surface area is 131 Å². The highest BCUT2D eigenvalue weighted by Crippen LogP contribution is 2.22. The molecule has 21 heavy (non-hydrogen) atoms. The van der Waals surface area contributed by atoms with Gasteiger partial charge in [-0.2, -0.15) is 5.26 Å². The summed E-state index contributed by atoms with van der Waals surface area (Å²) in [6.45, 7) is 3.97. The van der Waals surface area contributed by atoms with Gasteiger partial charge in [0.15, 0.2) is 5.76 Å². The summed E-state index contributed by atoms with van der Waals surface area (Å²) in [7, 11) is 0. The first-order valence-corrected chi connectivity index (χ1v) is 7.35. The highest BCUT2D eigenvalue weighted by molar-refractivity contribution is 9.10. The normalized spacial score (nSPS) is 12.0. The summed E-state index contributed by atoms with van der Waals surface area (Å²) in [6, 6.07) is 10.4. The number of halogens is 1. The average molecular weight is 347 g/mol. The van der Waals surface area contributed by atoms with Crippen LogP contribution < -0.4 is 5.32 Å². The third kappa shape index (κ3) is 3.53. The average Bonchev–Trinajstić information content (AvgIpc) is 2.94. The fraction of sp³-hybridized carbons (Fsp3) is 0.250. The molecule has 0 bridgehead atoms. The van der Waals surface area contributed by atoms with Crippen molar-refractivity contribution in [2.24, 2.45) is 0 Å². The summed E-state index contributed by atoms with van der Waals surface area (Å²) in [4.78, 5) is 12.3. The van der Waals surface area contributed by atoms with Crippen molar-refractivity contribution in [2.75, 3.05) is 0 Å². The van der Waals surface area contributed by atoms with Crippen LogP contribution in [0.15, 0.2) is 45.5 Å². The van der Waals surface area contributed by atoms with Crippen molar-refractivity contribution in [1.29, 1.82) is 5.26 Å². The SMILES string of the molecule is CC(C)c1ccoc1C(=O)N[C@H](C#N)c1cccc(Br)c1. The fourth-order valence-corrected chi connectivity index (χ4v) is 2.45. The van der Waals surface area contributed by atoms with Crippen molar-refractivity contribution in [3.8, 4) is 6.07 Å². The van der Waals surface area contributed by atoms with E-state index in [1.807, 2.05) is 26.0 Å². The summed E-state index contributed by atoms with van der Waals surface area (Å²) < 4.78 is 6.12. The molecule has 4 nitrogen and oxygen atoms in total. The number of nitrogens with zero attached hydrogens (tertiary/aromatic N) is 1. The second-order valence-corrected chi connectivity index (χ2v) is 5.87. The van der Waals surface area contributed by atoms with E-state index < -0.39 is 6.04 Å². The van der Waals surface area contributed by atoms with Crippen LogP contribution in [-0.2, 0) is 0 Å². The predicted octanol–water partition coefficient (Wildman–Crippen LogP) is 4.16. The number of carbonyl (C=O) groups is 1. The number of rotatable bonds is 4. The van der Waals surface area contributed by atoms with Crippen molar-refractivity contribution < 1.29 is 9.21 Å². The number of hydrogen-bond acceptors (Lipinski definition) is 3. The van der Waals surface area contributed by atoms with E-state index in [1.54, 1.807) is 18.2 Å². The van der Waals surface area contributed by atoms with Gasteiger partial charge in [-0.25, -0.2) is 0 Å². The maximum absolute atomic E-state index is 12.3. The Bertz CT molecular complexity index is 686. The molecular weight excluding hydrogens is 332 g/mol. The van der Waals surface area contributed by atoms with E-state index >= 15 is 0 Å². The fourth-order valence-electron chi connectivity index (χ4n) is 2.03. The standard InChI is InChI=1S/C16H15BrN2O2/c1-10(2)13-6-7-21-15(13)16(20)19-14(9-18)11-4-3-5-12(17)8-11/h3-8,10,14H,1-2H3,(H,19,20)/t14-/m1/s1. The molecule has 108 valence electrons. The number of nitriles is 1. The third-order valence-corrected chi connectivity index (χ3v) is 3.60.